The quantitative estimate of drug-likeness (QED) is 0.669. The van der Waals surface area contributed by atoms with E-state index in [1.54, 1.807) is 0 Å². The summed E-state index contributed by atoms with van der Waals surface area (Å²) in [6.45, 7) is 3.14. The van der Waals surface area contributed by atoms with E-state index in [0.717, 1.165) is 23.7 Å². The Kier molecular flexibility index (Phi) is 4.16. The first kappa shape index (κ1) is 13.5. The van der Waals surface area contributed by atoms with Crippen molar-refractivity contribution in [1.82, 2.24) is 20.1 Å². The molecule has 0 atom stereocenters. The van der Waals surface area contributed by atoms with Gasteiger partial charge >= 0.3 is 0 Å². The van der Waals surface area contributed by atoms with Gasteiger partial charge in [0.2, 0.25) is 0 Å². The third kappa shape index (κ3) is 2.93. The number of halogens is 3. The molecule has 0 saturated heterocycles. The van der Waals surface area contributed by atoms with Crippen LogP contribution in [0.1, 0.15) is 19.2 Å². The number of hydrogen-bond donors (Lipinski definition) is 1. The molecule has 2 rings (SSSR count). The average Bonchev–Trinajstić information content (AvgIpc) is 2.82. The van der Waals surface area contributed by atoms with Gasteiger partial charge in [0, 0.05) is 12.1 Å². The number of aromatic nitrogens is 3. The van der Waals surface area contributed by atoms with Gasteiger partial charge in [-0.2, -0.15) is 5.10 Å². The normalized spacial score (nSPS) is 10.9. The Bertz CT molecular complexity index is 568. The zero-order chi connectivity index (χ0) is 13.8. The lowest BCUT2D eigenvalue weighted by Crippen LogP contribution is -2.18. The Hall–Kier alpha value is -1.89. The van der Waals surface area contributed by atoms with Gasteiger partial charge in [-0.05, 0) is 13.0 Å². The molecule has 0 fully saturated rings. The molecule has 0 aliphatic rings. The topological polar surface area (TPSA) is 42.7 Å². The minimum atomic E-state index is -1.23. The molecule has 0 radical (unpaired) electrons. The fourth-order valence-electron chi connectivity index (χ4n) is 1.64. The van der Waals surface area contributed by atoms with E-state index in [4.69, 9.17) is 0 Å². The highest BCUT2D eigenvalue weighted by atomic mass is 19.2. The zero-order valence-electron chi connectivity index (χ0n) is 10.3. The lowest BCUT2D eigenvalue weighted by molar-refractivity contribution is 0.490. The molecular weight excluding hydrogens is 257 g/mol. The molecule has 0 unspecified atom stereocenters. The predicted octanol–water partition coefficient (Wildman–Crippen LogP) is 2.18. The van der Waals surface area contributed by atoms with Crippen LogP contribution in [0.25, 0.3) is 5.69 Å². The molecule has 4 nitrogen and oxygen atoms in total. The first-order valence-corrected chi connectivity index (χ1v) is 5.88. The molecule has 19 heavy (non-hydrogen) atoms. The van der Waals surface area contributed by atoms with E-state index in [0.29, 0.717) is 18.4 Å². The van der Waals surface area contributed by atoms with E-state index >= 15 is 0 Å². The highest BCUT2D eigenvalue weighted by molar-refractivity contribution is 5.34. The van der Waals surface area contributed by atoms with Crippen molar-refractivity contribution >= 4 is 0 Å². The lowest BCUT2D eigenvalue weighted by Gasteiger charge is -2.08. The maximum Gasteiger partial charge on any atom is 0.161 e. The summed E-state index contributed by atoms with van der Waals surface area (Å²) in [5.41, 5.74) is -0.162. The van der Waals surface area contributed by atoms with Crippen LogP contribution in [0.15, 0.2) is 18.5 Å². The second kappa shape index (κ2) is 5.83. The molecule has 7 heteroatoms. The van der Waals surface area contributed by atoms with Gasteiger partial charge in [-0.25, -0.2) is 22.8 Å². The van der Waals surface area contributed by atoms with Crippen molar-refractivity contribution in [2.45, 2.75) is 19.9 Å². The molecule has 0 saturated carbocycles. The SMILES string of the molecule is CCCNCc1ncnn1-c1cc(F)c(F)cc1F. The van der Waals surface area contributed by atoms with E-state index in [-0.39, 0.29) is 5.69 Å². The van der Waals surface area contributed by atoms with Crippen molar-refractivity contribution in [2.24, 2.45) is 0 Å². The molecule has 1 aromatic carbocycles. The van der Waals surface area contributed by atoms with Crippen LogP contribution in [0.3, 0.4) is 0 Å². The number of hydrogen-bond acceptors (Lipinski definition) is 3. The minimum absolute atomic E-state index is 0.162. The summed E-state index contributed by atoms with van der Waals surface area (Å²) in [7, 11) is 0. The fraction of sp³-hybridized carbons (Fsp3) is 0.333. The highest BCUT2D eigenvalue weighted by Crippen LogP contribution is 2.18. The largest absolute Gasteiger partial charge is 0.310 e. The van der Waals surface area contributed by atoms with Crippen LogP contribution < -0.4 is 5.32 Å². The van der Waals surface area contributed by atoms with E-state index in [2.05, 4.69) is 15.4 Å². The van der Waals surface area contributed by atoms with Crippen molar-refractivity contribution in [1.29, 1.82) is 0 Å². The molecule has 1 aromatic heterocycles. The highest BCUT2D eigenvalue weighted by Gasteiger charge is 2.15. The van der Waals surface area contributed by atoms with Crippen LogP contribution in [0.4, 0.5) is 13.2 Å². The van der Waals surface area contributed by atoms with Gasteiger partial charge in [0.05, 0.1) is 6.54 Å². The van der Waals surface area contributed by atoms with E-state index in [1.807, 2.05) is 6.92 Å². The van der Waals surface area contributed by atoms with Gasteiger partial charge < -0.3 is 5.32 Å². The molecule has 0 bridgehead atoms. The fourth-order valence-corrected chi connectivity index (χ4v) is 1.64. The Morgan fingerprint density at radius 1 is 1.16 bits per heavy atom. The molecular formula is C12H13F3N4. The summed E-state index contributed by atoms with van der Waals surface area (Å²) >= 11 is 0. The van der Waals surface area contributed by atoms with Crippen LogP contribution in [-0.2, 0) is 6.54 Å². The van der Waals surface area contributed by atoms with Gasteiger partial charge in [-0.3, -0.25) is 0 Å². The van der Waals surface area contributed by atoms with Crippen LogP contribution in [0, 0.1) is 17.5 Å². The molecule has 0 aliphatic carbocycles. The summed E-state index contributed by atoms with van der Waals surface area (Å²) in [4.78, 5) is 3.96. The Balaban J connectivity index is 2.32. The van der Waals surface area contributed by atoms with Crippen molar-refractivity contribution in [3.8, 4) is 5.69 Å². The summed E-state index contributed by atoms with van der Waals surface area (Å²) < 4.78 is 40.8. The molecule has 2 aromatic rings. The van der Waals surface area contributed by atoms with Crippen molar-refractivity contribution in [2.75, 3.05) is 6.54 Å². The van der Waals surface area contributed by atoms with E-state index < -0.39 is 17.5 Å². The molecule has 0 spiro atoms. The minimum Gasteiger partial charge on any atom is -0.310 e. The summed E-state index contributed by atoms with van der Waals surface area (Å²) in [6, 6.07) is 1.26. The van der Waals surface area contributed by atoms with Crippen LogP contribution in [0.5, 0.6) is 0 Å². The van der Waals surface area contributed by atoms with Crippen molar-refractivity contribution < 1.29 is 13.2 Å². The first-order valence-electron chi connectivity index (χ1n) is 5.88. The summed E-state index contributed by atoms with van der Waals surface area (Å²) in [5, 5.41) is 6.91. The maximum atomic E-state index is 13.6. The Morgan fingerprint density at radius 3 is 2.63 bits per heavy atom. The van der Waals surface area contributed by atoms with Gasteiger partial charge in [0.1, 0.15) is 17.8 Å². The first-order chi connectivity index (χ1) is 9.13. The van der Waals surface area contributed by atoms with Gasteiger partial charge in [0.25, 0.3) is 0 Å². The van der Waals surface area contributed by atoms with Crippen LogP contribution in [-0.4, -0.2) is 21.3 Å². The van der Waals surface area contributed by atoms with E-state index in [9.17, 15) is 13.2 Å². The van der Waals surface area contributed by atoms with E-state index in [1.165, 1.54) is 6.33 Å². The van der Waals surface area contributed by atoms with Crippen LogP contribution >= 0.6 is 0 Å². The predicted molar refractivity (Wildman–Crippen MR) is 63.2 cm³/mol. The molecule has 1 heterocycles. The standard InChI is InChI=1S/C12H13F3N4/c1-2-3-16-6-12-17-7-18-19(12)11-5-9(14)8(13)4-10(11)15/h4-5,7,16H,2-3,6H2,1H3. The number of nitrogens with one attached hydrogen (secondary N) is 1. The average molecular weight is 270 g/mol. The zero-order valence-corrected chi connectivity index (χ0v) is 10.3. The van der Waals surface area contributed by atoms with Gasteiger partial charge in [-0.15, -0.1) is 0 Å². The van der Waals surface area contributed by atoms with Crippen LogP contribution in [0.2, 0.25) is 0 Å². The second-order valence-electron chi connectivity index (χ2n) is 3.98. The summed E-state index contributed by atoms with van der Waals surface area (Å²) in [6.07, 6.45) is 2.18. The molecule has 0 amide bonds. The van der Waals surface area contributed by atoms with Crippen molar-refractivity contribution in [3.63, 3.8) is 0 Å². The summed E-state index contributed by atoms with van der Waals surface area (Å²) in [5.74, 6) is -2.81. The molecule has 1 N–H and O–H groups in total. The monoisotopic (exact) mass is 270 g/mol. The molecule has 102 valence electrons. The number of benzene rings is 1. The number of rotatable bonds is 5. The number of nitrogens with zero attached hydrogens (tertiary/aromatic N) is 3. The third-order valence-corrected chi connectivity index (χ3v) is 2.55. The van der Waals surface area contributed by atoms with Crippen molar-refractivity contribution in [3.05, 3.63) is 41.7 Å². The molecule has 0 aliphatic heterocycles. The third-order valence-electron chi connectivity index (χ3n) is 2.55. The van der Waals surface area contributed by atoms with Gasteiger partial charge in [0.15, 0.2) is 17.5 Å². The maximum absolute atomic E-state index is 13.6. The second-order valence-corrected chi connectivity index (χ2v) is 3.98. The lowest BCUT2D eigenvalue weighted by atomic mass is 10.3. The van der Waals surface area contributed by atoms with Gasteiger partial charge in [-0.1, -0.05) is 6.92 Å². The Labute approximate surface area is 108 Å². The Morgan fingerprint density at radius 2 is 1.89 bits per heavy atom. The smallest absolute Gasteiger partial charge is 0.161 e.